The molecule has 0 heterocycles. The highest BCUT2D eigenvalue weighted by molar-refractivity contribution is 7.89. The van der Waals surface area contributed by atoms with Crippen molar-refractivity contribution < 1.29 is 18.6 Å². The fourth-order valence-corrected chi connectivity index (χ4v) is 5.28. The standard InChI is InChI=1S/C22H31NO4S/c1-5-8-9-12-18-15-19(24)20(17-13-10-11-16(4)14-17)21(25)22(18)28(26,27)23(6-2)7-3/h10-11,13-15,24-25H,5-9,12H2,1-4H3. The molecule has 2 aromatic rings. The van der Waals surface area contributed by atoms with Crippen LogP contribution in [-0.2, 0) is 16.4 Å². The number of phenols is 2. The monoisotopic (exact) mass is 405 g/mol. The van der Waals surface area contributed by atoms with Crippen LogP contribution in [0.2, 0.25) is 0 Å². The molecule has 0 aromatic heterocycles. The van der Waals surface area contributed by atoms with Crippen LogP contribution in [0.1, 0.15) is 51.2 Å². The Balaban J connectivity index is 2.76. The summed E-state index contributed by atoms with van der Waals surface area (Å²) in [5.41, 5.74) is 2.17. The second-order valence-corrected chi connectivity index (χ2v) is 8.90. The lowest BCUT2D eigenvalue weighted by molar-refractivity contribution is 0.422. The van der Waals surface area contributed by atoms with E-state index in [0.717, 1.165) is 24.8 Å². The molecule has 2 rings (SSSR count). The van der Waals surface area contributed by atoms with Crippen LogP contribution < -0.4 is 0 Å². The van der Waals surface area contributed by atoms with E-state index in [1.807, 2.05) is 25.1 Å². The average Bonchev–Trinajstić information content (AvgIpc) is 2.62. The summed E-state index contributed by atoms with van der Waals surface area (Å²) < 4.78 is 28.0. The van der Waals surface area contributed by atoms with Gasteiger partial charge in [0.1, 0.15) is 16.4 Å². The molecule has 0 aliphatic carbocycles. The first-order valence-corrected chi connectivity index (χ1v) is 11.4. The first-order valence-electron chi connectivity index (χ1n) is 9.92. The third-order valence-electron chi connectivity index (χ3n) is 4.97. The maximum Gasteiger partial charge on any atom is 0.247 e. The summed E-state index contributed by atoms with van der Waals surface area (Å²) in [6.07, 6.45) is 3.22. The van der Waals surface area contributed by atoms with Crippen LogP contribution in [0, 0.1) is 6.92 Å². The van der Waals surface area contributed by atoms with Crippen molar-refractivity contribution in [3.05, 3.63) is 41.5 Å². The van der Waals surface area contributed by atoms with Gasteiger partial charge in [0.05, 0.1) is 5.56 Å². The minimum absolute atomic E-state index is 0.0818. The molecule has 0 bridgehead atoms. The van der Waals surface area contributed by atoms with Gasteiger partial charge in [-0.15, -0.1) is 0 Å². The maximum atomic E-state index is 13.3. The lowest BCUT2D eigenvalue weighted by Crippen LogP contribution is -2.31. The van der Waals surface area contributed by atoms with Crippen molar-refractivity contribution in [3.63, 3.8) is 0 Å². The molecule has 0 spiro atoms. The predicted molar refractivity (Wildman–Crippen MR) is 113 cm³/mol. The van der Waals surface area contributed by atoms with Crippen molar-refractivity contribution >= 4 is 10.0 Å². The molecule has 154 valence electrons. The van der Waals surface area contributed by atoms with E-state index in [9.17, 15) is 18.6 Å². The number of unbranched alkanes of at least 4 members (excludes halogenated alkanes) is 2. The van der Waals surface area contributed by atoms with Gasteiger partial charge in [-0.3, -0.25) is 0 Å². The van der Waals surface area contributed by atoms with Crippen LogP contribution in [0.25, 0.3) is 11.1 Å². The van der Waals surface area contributed by atoms with Crippen molar-refractivity contribution in [2.45, 2.75) is 58.3 Å². The number of aryl methyl sites for hydroxylation is 2. The van der Waals surface area contributed by atoms with Crippen LogP contribution in [0.5, 0.6) is 11.5 Å². The zero-order chi connectivity index (χ0) is 20.9. The summed E-state index contributed by atoms with van der Waals surface area (Å²) in [5, 5.41) is 21.7. The highest BCUT2D eigenvalue weighted by Gasteiger charge is 2.31. The third kappa shape index (κ3) is 4.50. The lowest BCUT2D eigenvalue weighted by atomic mass is 9.97. The van der Waals surface area contributed by atoms with E-state index in [-0.39, 0.29) is 22.0 Å². The quantitative estimate of drug-likeness (QED) is 0.585. The van der Waals surface area contributed by atoms with E-state index < -0.39 is 10.0 Å². The van der Waals surface area contributed by atoms with Crippen molar-refractivity contribution in [3.8, 4) is 22.6 Å². The third-order valence-corrected chi connectivity index (χ3v) is 7.14. The summed E-state index contributed by atoms with van der Waals surface area (Å²) in [6.45, 7) is 8.15. The summed E-state index contributed by atoms with van der Waals surface area (Å²) in [5.74, 6) is -0.475. The largest absolute Gasteiger partial charge is 0.507 e. The lowest BCUT2D eigenvalue weighted by Gasteiger charge is -2.23. The maximum absolute atomic E-state index is 13.3. The van der Waals surface area contributed by atoms with E-state index in [1.165, 1.54) is 10.4 Å². The first kappa shape index (κ1) is 22.2. The number of nitrogens with zero attached hydrogens (tertiary/aromatic N) is 1. The Morgan fingerprint density at radius 1 is 1.00 bits per heavy atom. The molecule has 6 heteroatoms. The summed E-state index contributed by atoms with van der Waals surface area (Å²) in [6, 6.07) is 8.80. The Morgan fingerprint density at radius 3 is 2.25 bits per heavy atom. The molecule has 0 saturated heterocycles. The fraction of sp³-hybridized carbons (Fsp3) is 0.455. The van der Waals surface area contributed by atoms with Crippen molar-refractivity contribution in [2.24, 2.45) is 0 Å². The SMILES string of the molecule is CCCCCc1cc(O)c(-c2cccc(C)c2)c(O)c1S(=O)(=O)N(CC)CC. The number of sulfonamides is 1. The number of hydrogen-bond donors (Lipinski definition) is 2. The van der Waals surface area contributed by atoms with Crippen molar-refractivity contribution in [1.29, 1.82) is 0 Å². The molecule has 5 nitrogen and oxygen atoms in total. The second kappa shape index (κ2) is 9.43. The molecule has 2 aromatic carbocycles. The van der Waals surface area contributed by atoms with Gasteiger partial charge < -0.3 is 10.2 Å². The molecule has 0 unspecified atom stereocenters. The molecule has 0 aliphatic heterocycles. The number of phenolic OH excluding ortho intramolecular Hbond substituents is 2. The average molecular weight is 406 g/mol. The molecule has 0 aliphatic rings. The van der Waals surface area contributed by atoms with Gasteiger partial charge in [-0.25, -0.2) is 8.42 Å². The first-order chi connectivity index (χ1) is 13.3. The molecular formula is C22H31NO4S. The van der Waals surface area contributed by atoms with Crippen LogP contribution >= 0.6 is 0 Å². The minimum Gasteiger partial charge on any atom is -0.507 e. The highest BCUT2D eigenvalue weighted by atomic mass is 32.2. The molecule has 28 heavy (non-hydrogen) atoms. The van der Waals surface area contributed by atoms with E-state index in [1.54, 1.807) is 19.9 Å². The number of rotatable bonds is 9. The molecular weight excluding hydrogens is 374 g/mol. The van der Waals surface area contributed by atoms with Crippen molar-refractivity contribution in [1.82, 2.24) is 4.31 Å². The molecule has 0 radical (unpaired) electrons. The Labute approximate surface area is 168 Å². The van der Waals surface area contributed by atoms with Gasteiger partial charge >= 0.3 is 0 Å². The van der Waals surface area contributed by atoms with Gasteiger partial charge in [-0.2, -0.15) is 4.31 Å². The molecule has 0 amide bonds. The van der Waals surface area contributed by atoms with Gasteiger partial charge in [-0.1, -0.05) is 63.4 Å². The van der Waals surface area contributed by atoms with E-state index in [0.29, 0.717) is 30.6 Å². The predicted octanol–water partition coefficient (Wildman–Crippen LogP) is 4.84. The fourth-order valence-electron chi connectivity index (χ4n) is 3.51. The Hall–Kier alpha value is -2.05. The van der Waals surface area contributed by atoms with Gasteiger partial charge in [0, 0.05) is 13.1 Å². The Bertz CT molecular complexity index is 918. The topological polar surface area (TPSA) is 77.8 Å². The van der Waals surface area contributed by atoms with Gasteiger partial charge in [0.2, 0.25) is 10.0 Å². The van der Waals surface area contributed by atoms with E-state index in [4.69, 9.17) is 0 Å². The smallest absolute Gasteiger partial charge is 0.247 e. The van der Waals surface area contributed by atoms with Crippen molar-refractivity contribution in [2.75, 3.05) is 13.1 Å². The zero-order valence-electron chi connectivity index (χ0n) is 17.2. The molecule has 2 N–H and O–H groups in total. The second-order valence-electron chi connectivity index (χ2n) is 7.02. The highest BCUT2D eigenvalue weighted by Crippen LogP contribution is 2.44. The summed E-state index contributed by atoms with van der Waals surface area (Å²) >= 11 is 0. The Kier molecular flexibility index (Phi) is 7.49. The molecule has 0 saturated carbocycles. The van der Waals surface area contributed by atoms with Crippen LogP contribution in [0.15, 0.2) is 35.2 Å². The number of hydrogen-bond acceptors (Lipinski definition) is 4. The molecule has 0 fully saturated rings. The van der Waals surface area contributed by atoms with Gasteiger partial charge in [0.25, 0.3) is 0 Å². The normalized spacial score (nSPS) is 11.9. The van der Waals surface area contributed by atoms with Gasteiger partial charge in [0.15, 0.2) is 0 Å². The zero-order valence-corrected chi connectivity index (χ0v) is 18.0. The van der Waals surface area contributed by atoms with Crippen LogP contribution in [-0.4, -0.2) is 36.0 Å². The summed E-state index contributed by atoms with van der Waals surface area (Å²) in [4.78, 5) is -0.0818. The van der Waals surface area contributed by atoms with E-state index >= 15 is 0 Å². The minimum atomic E-state index is -3.88. The van der Waals surface area contributed by atoms with Gasteiger partial charge in [-0.05, 0) is 37.0 Å². The van der Waals surface area contributed by atoms with E-state index in [2.05, 4.69) is 6.92 Å². The number of aromatic hydroxyl groups is 2. The van der Waals surface area contributed by atoms with Crippen LogP contribution in [0.3, 0.4) is 0 Å². The summed E-state index contributed by atoms with van der Waals surface area (Å²) in [7, 11) is -3.88. The van der Waals surface area contributed by atoms with Crippen LogP contribution in [0.4, 0.5) is 0 Å². The Morgan fingerprint density at radius 2 is 1.68 bits per heavy atom. The number of benzene rings is 2. The molecule has 0 atom stereocenters.